The fourth-order valence-corrected chi connectivity index (χ4v) is 2.15. The van der Waals surface area contributed by atoms with Crippen LogP contribution in [0.2, 0.25) is 0 Å². The molecular formula is C18H17N3O3. The van der Waals surface area contributed by atoms with E-state index < -0.39 is 5.91 Å². The van der Waals surface area contributed by atoms with Gasteiger partial charge in [0.15, 0.2) is 6.61 Å². The van der Waals surface area contributed by atoms with Gasteiger partial charge in [-0.3, -0.25) is 9.59 Å². The van der Waals surface area contributed by atoms with Gasteiger partial charge in [0.05, 0.1) is 17.2 Å². The zero-order valence-electron chi connectivity index (χ0n) is 13.2. The third kappa shape index (κ3) is 4.34. The molecule has 2 aromatic rings. The predicted octanol–water partition coefficient (Wildman–Crippen LogP) is 1.69. The number of para-hydroxylation sites is 1. The van der Waals surface area contributed by atoms with Crippen LogP contribution in [0.3, 0.4) is 0 Å². The van der Waals surface area contributed by atoms with Gasteiger partial charge in [-0.1, -0.05) is 24.3 Å². The SMILES string of the molecule is CN(Cc1ccc(C#N)cc1)C(=O)c1ccccc1OCC(N)=O. The maximum Gasteiger partial charge on any atom is 0.257 e. The fourth-order valence-electron chi connectivity index (χ4n) is 2.15. The van der Waals surface area contributed by atoms with Gasteiger partial charge < -0.3 is 15.4 Å². The summed E-state index contributed by atoms with van der Waals surface area (Å²) in [5, 5.41) is 8.81. The fraction of sp³-hybridized carbons (Fsp3) is 0.167. The van der Waals surface area contributed by atoms with E-state index in [4.69, 9.17) is 15.7 Å². The molecule has 0 fully saturated rings. The number of benzene rings is 2. The Kier molecular flexibility index (Phi) is 5.53. The van der Waals surface area contributed by atoms with Crippen molar-refractivity contribution >= 4 is 11.8 Å². The predicted molar refractivity (Wildman–Crippen MR) is 88.1 cm³/mol. The lowest BCUT2D eigenvalue weighted by atomic mass is 10.1. The Morgan fingerprint density at radius 1 is 1.17 bits per heavy atom. The van der Waals surface area contributed by atoms with E-state index >= 15 is 0 Å². The number of primary amides is 1. The summed E-state index contributed by atoms with van der Waals surface area (Å²) in [6, 6.07) is 15.8. The molecule has 0 saturated heterocycles. The van der Waals surface area contributed by atoms with Crippen molar-refractivity contribution in [2.75, 3.05) is 13.7 Å². The second-order valence-electron chi connectivity index (χ2n) is 5.22. The first-order valence-corrected chi connectivity index (χ1v) is 7.26. The standard InChI is InChI=1S/C18H17N3O3/c1-21(11-14-8-6-13(10-19)7-9-14)18(23)15-4-2-3-5-16(15)24-12-17(20)22/h2-9H,11-12H2,1H3,(H2,20,22). The van der Waals surface area contributed by atoms with Crippen LogP contribution in [0.5, 0.6) is 5.75 Å². The molecule has 2 aromatic carbocycles. The molecule has 0 spiro atoms. The van der Waals surface area contributed by atoms with Crippen LogP contribution in [0.4, 0.5) is 0 Å². The van der Waals surface area contributed by atoms with Crippen LogP contribution < -0.4 is 10.5 Å². The third-order valence-corrected chi connectivity index (χ3v) is 3.34. The van der Waals surface area contributed by atoms with Crippen molar-refractivity contribution in [1.29, 1.82) is 5.26 Å². The molecule has 6 heteroatoms. The number of ether oxygens (including phenoxy) is 1. The first-order chi connectivity index (χ1) is 11.5. The number of rotatable bonds is 6. The quantitative estimate of drug-likeness (QED) is 0.875. The highest BCUT2D eigenvalue weighted by Gasteiger charge is 2.17. The summed E-state index contributed by atoms with van der Waals surface area (Å²) in [7, 11) is 1.67. The Morgan fingerprint density at radius 2 is 1.83 bits per heavy atom. The lowest BCUT2D eigenvalue weighted by Crippen LogP contribution is -2.27. The molecule has 0 aliphatic carbocycles. The molecule has 2 N–H and O–H groups in total. The van der Waals surface area contributed by atoms with Crippen molar-refractivity contribution in [3.63, 3.8) is 0 Å². The second kappa shape index (κ2) is 7.79. The van der Waals surface area contributed by atoms with Crippen molar-refractivity contribution < 1.29 is 14.3 Å². The average molecular weight is 323 g/mol. The molecule has 0 heterocycles. The zero-order valence-corrected chi connectivity index (χ0v) is 13.2. The Hall–Kier alpha value is -3.33. The maximum atomic E-state index is 12.6. The van der Waals surface area contributed by atoms with Crippen molar-refractivity contribution in [1.82, 2.24) is 4.90 Å². The van der Waals surface area contributed by atoms with E-state index in [9.17, 15) is 9.59 Å². The van der Waals surface area contributed by atoms with Crippen molar-refractivity contribution in [2.24, 2.45) is 5.73 Å². The van der Waals surface area contributed by atoms with Crippen LogP contribution in [0, 0.1) is 11.3 Å². The molecule has 6 nitrogen and oxygen atoms in total. The van der Waals surface area contributed by atoms with Gasteiger partial charge in [0.25, 0.3) is 11.8 Å². The molecule has 0 aliphatic rings. The van der Waals surface area contributed by atoms with Gasteiger partial charge in [-0.15, -0.1) is 0 Å². The van der Waals surface area contributed by atoms with Crippen LogP contribution >= 0.6 is 0 Å². The second-order valence-corrected chi connectivity index (χ2v) is 5.22. The number of hydrogen-bond acceptors (Lipinski definition) is 4. The summed E-state index contributed by atoms with van der Waals surface area (Å²) in [6.07, 6.45) is 0. The van der Waals surface area contributed by atoms with Gasteiger partial charge in [-0.25, -0.2) is 0 Å². The van der Waals surface area contributed by atoms with Gasteiger partial charge >= 0.3 is 0 Å². The number of hydrogen-bond donors (Lipinski definition) is 1. The summed E-state index contributed by atoms with van der Waals surface area (Å²) in [4.78, 5) is 25.0. The molecule has 0 atom stereocenters. The van der Waals surface area contributed by atoms with E-state index in [1.807, 2.05) is 0 Å². The summed E-state index contributed by atoms with van der Waals surface area (Å²) in [5.74, 6) is -0.532. The van der Waals surface area contributed by atoms with E-state index in [0.29, 0.717) is 23.4 Å². The number of nitrogens with zero attached hydrogens (tertiary/aromatic N) is 2. The summed E-state index contributed by atoms with van der Waals surface area (Å²) in [5.41, 5.74) is 6.90. The third-order valence-electron chi connectivity index (χ3n) is 3.34. The number of carbonyl (C=O) groups excluding carboxylic acids is 2. The number of nitriles is 1. The highest BCUT2D eigenvalue weighted by molar-refractivity contribution is 5.96. The molecule has 0 aliphatic heterocycles. The van der Waals surface area contributed by atoms with Crippen LogP contribution in [0.1, 0.15) is 21.5 Å². The molecule has 2 rings (SSSR count). The Labute approximate surface area is 140 Å². The lowest BCUT2D eigenvalue weighted by molar-refractivity contribution is -0.119. The minimum atomic E-state index is -0.608. The van der Waals surface area contributed by atoms with Crippen LogP contribution in [0.15, 0.2) is 48.5 Å². The molecule has 2 amide bonds. The number of nitrogens with two attached hydrogens (primary N) is 1. The molecule has 0 unspecified atom stereocenters. The van der Waals surface area contributed by atoms with E-state index in [-0.39, 0.29) is 12.5 Å². The Morgan fingerprint density at radius 3 is 2.46 bits per heavy atom. The molecule has 122 valence electrons. The number of amides is 2. The summed E-state index contributed by atoms with van der Waals surface area (Å²) < 4.78 is 5.29. The van der Waals surface area contributed by atoms with Crippen LogP contribution in [0.25, 0.3) is 0 Å². The number of carbonyl (C=O) groups is 2. The molecule has 0 radical (unpaired) electrons. The first kappa shape index (κ1) is 17.0. The van der Waals surface area contributed by atoms with Crippen molar-refractivity contribution in [2.45, 2.75) is 6.54 Å². The smallest absolute Gasteiger partial charge is 0.257 e. The van der Waals surface area contributed by atoms with Gasteiger partial charge in [0.1, 0.15) is 5.75 Å². The molecule has 0 saturated carbocycles. The average Bonchev–Trinajstić information content (AvgIpc) is 2.60. The maximum absolute atomic E-state index is 12.6. The summed E-state index contributed by atoms with van der Waals surface area (Å²) in [6.45, 7) is 0.0956. The first-order valence-electron chi connectivity index (χ1n) is 7.26. The van der Waals surface area contributed by atoms with Crippen LogP contribution in [-0.2, 0) is 11.3 Å². The van der Waals surface area contributed by atoms with Gasteiger partial charge in [-0.05, 0) is 29.8 Å². The van der Waals surface area contributed by atoms with Gasteiger partial charge in [0, 0.05) is 13.6 Å². The molecule has 0 aromatic heterocycles. The monoisotopic (exact) mass is 323 g/mol. The molecule has 24 heavy (non-hydrogen) atoms. The van der Waals surface area contributed by atoms with Crippen molar-refractivity contribution in [3.05, 3.63) is 65.2 Å². The van der Waals surface area contributed by atoms with Gasteiger partial charge in [-0.2, -0.15) is 5.26 Å². The van der Waals surface area contributed by atoms with E-state index in [0.717, 1.165) is 5.56 Å². The van der Waals surface area contributed by atoms with E-state index in [2.05, 4.69) is 6.07 Å². The minimum absolute atomic E-state index is 0.237. The largest absolute Gasteiger partial charge is 0.483 e. The Bertz CT molecular complexity index is 779. The van der Waals surface area contributed by atoms with E-state index in [1.54, 1.807) is 55.6 Å². The van der Waals surface area contributed by atoms with Gasteiger partial charge in [0.2, 0.25) is 0 Å². The van der Waals surface area contributed by atoms with E-state index in [1.165, 1.54) is 4.90 Å². The highest BCUT2D eigenvalue weighted by Crippen LogP contribution is 2.20. The van der Waals surface area contributed by atoms with Crippen LogP contribution in [-0.4, -0.2) is 30.4 Å². The highest BCUT2D eigenvalue weighted by atomic mass is 16.5. The molecular weight excluding hydrogens is 306 g/mol. The topological polar surface area (TPSA) is 96.4 Å². The Balaban J connectivity index is 2.12. The minimum Gasteiger partial charge on any atom is -0.483 e. The summed E-state index contributed by atoms with van der Waals surface area (Å²) >= 11 is 0. The molecule has 0 bridgehead atoms. The zero-order chi connectivity index (χ0) is 17.5. The van der Waals surface area contributed by atoms with Crippen molar-refractivity contribution in [3.8, 4) is 11.8 Å². The normalized spacial score (nSPS) is 9.83. The lowest BCUT2D eigenvalue weighted by Gasteiger charge is -2.19.